The molecule has 0 aliphatic carbocycles. The average Bonchev–Trinajstić information content (AvgIpc) is 2.16. The zero-order chi connectivity index (χ0) is 9.84. The molecular weight excluding hydrogens is 253 g/mol. The maximum atomic E-state index is 5.94. The predicted molar refractivity (Wildman–Crippen MR) is 58.7 cm³/mol. The lowest BCUT2D eigenvalue weighted by Gasteiger charge is -2.24. The van der Waals surface area contributed by atoms with Crippen LogP contribution in [0, 0.1) is 0 Å². The summed E-state index contributed by atoms with van der Waals surface area (Å²) in [6, 6.07) is 0.354. The summed E-state index contributed by atoms with van der Waals surface area (Å²) in [5.41, 5.74) is 0. The highest BCUT2D eigenvalue weighted by Gasteiger charge is 2.12. The zero-order valence-electron chi connectivity index (χ0n) is 7.54. The van der Waals surface area contributed by atoms with Crippen molar-refractivity contribution >= 4 is 33.3 Å². The van der Waals surface area contributed by atoms with E-state index in [1.807, 2.05) is 11.9 Å². The molecule has 72 valence electrons. The molecule has 1 heterocycles. The van der Waals surface area contributed by atoms with E-state index in [2.05, 4.69) is 32.8 Å². The molecule has 13 heavy (non-hydrogen) atoms. The number of nitrogens with zero attached hydrogens (tertiary/aromatic N) is 3. The minimum atomic E-state index is 0.354. The van der Waals surface area contributed by atoms with Crippen LogP contribution in [-0.4, -0.2) is 28.4 Å². The number of anilines is 1. The van der Waals surface area contributed by atoms with Crippen LogP contribution in [0.3, 0.4) is 0 Å². The number of hydrogen-bond donors (Lipinski definition) is 0. The Morgan fingerprint density at radius 3 is 2.92 bits per heavy atom. The molecule has 1 rings (SSSR count). The number of rotatable bonds is 3. The molecule has 0 aromatic carbocycles. The Morgan fingerprint density at radius 1 is 1.69 bits per heavy atom. The van der Waals surface area contributed by atoms with E-state index in [9.17, 15) is 0 Å². The fraction of sp³-hybridized carbons (Fsp3) is 0.500. The topological polar surface area (TPSA) is 29.0 Å². The molecule has 1 aromatic rings. The molecule has 0 fully saturated rings. The Labute approximate surface area is 91.3 Å². The van der Waals surface area contributed by atoms with Crippen LogP contribution in [0.4, 0.5) is 5.82 Å². The van der Waals surface area contributed by atoms with Gasteiger partial charge in [-0.15, -0.1) is 0 Å². The van der Waals surface area contributed by atoms with Gasteiger partial charge in [0.1, 0.15) is 11.3 Å². The van der Waals surface area contributed by atoms with Crippen LogP contribution in [0.1, 0.15) is 6.92 Å². The second-order valence-electron chi connectivity index (χ2n) is 2.81. The maximum Gasteiger partial charge on any atom is 0.150 e. The normalized spacial score (nSPS) is 12.6. The molecule has 0 spiro atoms. The molecule has 0 radical (unpaired) electrons. The Kier molecular flexibility index (Phi) is 3.93. The van der Waals surface area contributed by atoms with Crippen molar-refractivity contribution in [3.63, 3.8) is 0 Å². The lowest BCUT2D eigenvalue weighted by molar-refractivity contribution is 0.755. The molecule has 0 bridgehead atoms. The lowest BCUT2D eigenvalue weighted by Crippen LogP contribution is -2.30. The van der Waals surface area contributed by atoms with Gasteiger partial charge in [-0.3, -0.25) is 0 Å². The van der Waals surface area contributed by atoms with Crippen LogP contribution in [0.2, 0.25) is 5.02 Å². The molecule has 0 N–H and O–H groups in total. The van der Waals surface area contributed by atoms with Crippen LogP contribution in [0.15, 0.2) is 12.5 Å². The van der Waals surface area contributed by atoms with Gasteiger partial charge in [-0.2, -0.15) is 0 Å². The Morgan fingerprint density at radius 2 is 2.38 bits per heavy atom. The van der Waals surface area contributed by atoms with Crippen molar-refractivity contribution in [2.24, 2.45) is 0 Å². The predicted octanol–water partition coefficient (Wildman–Crippen LogP) is 2.35. The number of halogens is 2. The third-order valence-corrected chi connectivity index (χ3v) is 3.07. The first kappa shape index (κ1) is 10.7. The highest BCUT2D eigenvalue weighted by molar-refractivity contribution is 9.09. The molecular formula is C8H11BrClN3. The number of hydrogen-bond acceptors (Lipinski definition) is 3. The Balaban J connectivity index is 2.88. The summed E-state index contributed by atoms with van der Waals surface area (Å²) in [6.45, 7) is 2.09. The van der Waals surface area contributed by atoms with Crippen LogP contribution in [0.5, 0.6) is 0 Å². The van der Waals surface area contributed by atoms with E-state index < -0.39 is 0 Å². The molecule has 1 aromatic heterocycles. The van der Waals surface area contributed by atoms with Gasteiger partial charge in [-0.1, -0.05) is 27.5 Å². The summed E-state index contributed by atoms with van der Waals surface area (Å²) in [7, 11) is 1.96. The van der Waals surface area contributed by atoms with Gasteiger partial charge in [0.25, 0.3) is 0 Å². The van der Waals surface area contributed by atoms with Crippen molar-refractivity contribution in [3.05, 3.63) is 17.5 Å². The quantitative estimate of drug-likeness (QED) is 0.785. The zero-order valence-corrected chi connectivity index (χ0v) is 9.88. The van der Waals surface area contributed by atoms with Gasteiger partial charge in [-0.25, -0.2) is 9.97 Å². The first-order valence-corrected chi connectivity index (χ1v) is 5.41. The molecule has 3 nitrogen and oxygen atoms in total. The van der Waals surface area contributed by atoms with Crippen molar-refractivity contribution in [2.75, 3.05) is 17.3 Å². The molecule has 0 amide bonds. The molecule has 5 heteroatoms. The van der Waals surface area contributed by atoms with Crippen LogP contribution in [-0.2, 0) is 0 Å². The fourth-order valence-electron chi connectivity index (χ4n) is 0.878. The van der Waals surface area contributed by atoms with Crippen molar-refractivity contribution < 1.29 is 0 Å². The van der Waals surface area contributed by atoms with Gasteiger partial charge < -0.3 is 4.90 Å². The molecule has 0 saturated carbocycles. The van der Waals surface area contributed by atoms with Crippen LogP contribution >= 0.6 is 27.5 Å². The largest absolute Gasteiger partial charge is 0.355 e. The van der Waals surface area contributed by atoms with Gasteiger partial charge in [-0.05, 0) is 6.92 Å². The summed E-state index contributed by atoms with van der Waals surface area (Å²) in [4.78, 5) is 9.95. The first-order valence-electron chi connectivity index (χ1n) is 3.91. The summed E-state index contributed by atoms with van der Waals surface area (Å²) >= 11 is 9.35. The highest BCUT2D eigenvalue weighted by Crippen LogP contribution is 2.21. The van der Waals surface area contributed by atoms with Crippen LogP contribution < -0.4 is 4.90 Å². The average molecular weight is 265 g/mol. The molecule has 1 unspecified atom stereocenters. The third-order valence-electron chi connectivity index (χ3n) is 1.87. The summed E-state index contributed by atoms with van der Waals surface area (Å²) in [5, 5.41) is 1.46. The standard InChI is InChI=1S/C8H11BrClN3/c1-6(3-9)13(2)8-7(10)4-11-5-12-8/h4-6H,3H2,1-2H3. The Hall–Kier alpha value is -0.350. The molecule has 1 atom stereocenters. The third kappa shape index (κ3) is 2.54. The van der Waals surface area contributed by atoms with Gasteiger partial charge in [0, 0.05) is 18.4 Å². The molecule has 0 aliphatic rings. The van der Waals surface area contributed by atoms with Gasteiger partial charge >= 0.3 is 0 Å². The van der Waals surface area contributed by atoms with Crippen molar-refractivity contribution in [1.29, 1.82) is 0 Å². The summed E-state index contributed by atoms with van der Waals surface area (Å²) in [5.74, 6) is 0.767. The monoisotopic (exact) mass is 263 g/mol. The SMILES string of the molecule is CC(CBr)N(C)c1ncncc1Cl. The number of aromatic nitrogens is 2. The van der Waals surface area contributed by atoms with Crippen molar-refractivity contribution in [1.82, 2.24) is 9.97 Å². The van der Waals surface area contributed by atoms with Gasteiger partial charge in [0.15, 0.2) is 5.82 Å². The van der Waals surface area contributed by atoms with E-state index >= 15 is 0 Å². The minimum Gasteiger partial charge on any atom is -0.355 e. The van der Waals surface area contributed by atoms with Crippen molar-refractivity contribution in [2.45, 2.75) is 13.0 Å². The van der Waals surface area contributed by atoms with Gasteiger partial charge in [0.2, 0.25) is 0 Å². The van der Waals surface area contributed by atoms with Crippen molar-refractivity contribution in [3.8, 4) is 0 Å². The van der Waals surface area contributed by atoms with E-state index in [0.29, 0.717) is 11.1 Å². The van der Waals surface area contributed by atoms with E-state index in [1.165, 1.54) is 6.33 Å². The second-order valence-corrected chi connectivity index (χ2v) is 3.86. The summed E-state index contributed by atoms with van der Waals surface area (Å²) < 4.78 is 0. The molecule has 0 aliphatic heterocycles. The van der Waals surface area contributed by atoms with E-state index in [4.69, 9.17) is 11.6 Å². The lowest BCUT2D eigenvalue weighted by atomic mass is 10.3. The van der Waals surface area contributed by atoms with Crippen LogP contribution in [0.25, 0.3) is 0 Å². The Bertz CT molecular complexity index is 282. The van der Waals surface area contributed by atoms with E-state index in [1.54, 1.807) is 6.20 Å². The van der Waals surface area contributed by atoms with E-state index in [0.717, 1.165) is 11.1 Å². The maximum absolute atomic E-state index is 5.94. The summed E-state index contributed by atoms with van der Waals surface area (Å²) in [6.07, 6.45) is 3.10. The number of alkyl halides is 1. The minimum absolute atomic E-state index is 0.354. The smallest absolute Gasteiger partial charge is 0.150 e. The highest BCUT2D eigenvalue weighted by atomic mass is 79.9. The second kappa shape index (κ2) is 4.77. The molecule has 0 saturated heterocycles. The van der Waals surface area contributed by atoms with E-state index in [-0.39, 0.29) is 0 Å². The van der Waals surface area contributed by atoms with Gasteiger partial charge in [0.05, 0.1) is 6.20 Å². The fourth-order valence-corrected chi connectivity index (χ4v) is 1.55. The first-order chi connectivity index (χ1) is 6.16.